The maximum atomic E-state index is 5.53. The number of aromatic nitrogens is 5. The topological polar surface area (TPSA) is 82.5 Å². The van der Waals surface area contributed by atoms with Crippen molar-refractivity contribution in [3.63, 3.8) is 0 Å². The molecule has 88 valence electrons. The normalized spacial score (nSPS) is 15.1. The molecule has 0 saturated heterocycles. The molecule has 17 heavy (non-hydrogen) atoms. The summed E-state index contributed by atoms with van der Waals surface area (Å²) in [5.74, 6) is 2.22. The van der Waals surface area contributed by atoms with Crippen molar-refractivity contribution >= 4 is 17.6 Å². The molecule has 0 spiro atoms. The van der Waals surface area contributed by atoms with Gasteiger partial charge in [0, 0.05) is 11.1 Å². The average molecular weight is 248 g/mol. The van der Waals surface area contributed by atoms with E-state index in [9.17, 15) is 0 Å². The summed E-state index contributed by atoms with van der Waals surface area (Å²) in [5, 5.41) is 11.8. The summed E-state index contributed by atoms with van der Waals surface area (Å²) in [7, 11) is 0. The lowest BCUT2D eigenvalue weighted by molar-refractivity contribution is 0.593. The molecule has 2 aromatic rings. The third-order valence-corrected chi connectivity index (χ3v) is 3.56. The Hall–Kier alpha value is -1.63. The number of nitrogens with two attached hydrogens (primary N) is 1. The Balaban J connectivity index is 1.67. The van der Waals surface area contributed by atoms with E-state index in [1.807, 2.05) is 10.7 Å². The fraction of sp³-hybridized carbons (Fsp3) is 0.400. The second kappa shape index (κ2) is 4.33. The summed E-state index contributed by atoms with van der Waals surface area (Å²) in [5.41, 5.74) is 5.53. The summed E-state index contributed by atoms with van der Waals surface area (Å²) in [4.78, 5) is 5.12. The maximum absolute atomic E-state index is 5.53. The molecule has 0 aliphatic heterocycles. The predicted molar refractivity (Wildman–Crippen MR) is 64.3 cm³/mol. The summed E-state index contributed by atoms with van der Waals surface area (Å²) in [6.45, 7) is 0. The average Bonchev–Trinajstić information content (AvgIpc) is 3.08. The third-order valence-electron chi connectivity index (χ3n) is 2.58. The predicted octanol–water partition coefficient (Wildman–Crippen LogP) is 1.28. The minimum Gasteiger partial charge on any atom is -0.384 e. The number of rotatable bonds is 4. The van der Waals surface area contributed by atoms with E-state index in [4.69, 9.17) is 5.73 Å². The van der Waals surface area contributed by atoms with Crippen molar-refractivity contribution in [2.24, 2.45) is 0 Å². The van der Waals surface area contributed by atoms with Gasteiger partial charge in [0.1, 0.15) is 5.82 Å². The van der Waals surface area contributed by atoms with Crippen molar-refractivity contribution < 1.29 is 0 Å². The van der Waals surface area contributed by atoms with E-state index < -0.39 is 0 Å². The smallest absolute Gasteiger partial charge is 0.161 e. The monoisotopic (exact) mass is 248 g/mol. The number of hydrogen-bond donors (Lipinski definition) is 1. The van der Waals surface area contributed by atoms with Crippen molar-refractivity contribution in [2.45, 2.75) is 29.5 Å². The number of nitrogen functional groups attached to an aromatic ring is 1. The number of hydrogen-bond acceptors (Lipinski definition) is 6. The number of anilines is 1. The molecule has 0 radical (unpaired) electrons. The largest absolute Gasteiger partial charge is 0.384 e. The van der Waals surface area contributed by atoms with Gasteiger partial charge in [0.2, 0.25) is 0 Å². The van der Waals surface area contributed by atoms with Gasteiger partial charge in [0.15, 0.2) is 5.82 Å². The van der Waals surface area contributed by atoms with E-state index in [0.717, 1.165) is 16.5 Å². The summed E-state index contributed by atoms with van der Waals surface area (Å²) >= 11 is 1.66. The summed E-state index contributed by atoms with van der Waals surface area (Å²) in [6, 6.07) is 4.27. The molecule has 0 amide bonds. The molecule has 6 nitrogen and oxygen atoms in total. The van der Waals surface area contributed by atoms with Gasteiger partial charge >= 0.3 is 0 Å². The highest BCUT2D eigenvalue weighted by molar-refractivity contribution is 7.98. The molecule has 7 heteroatoms. The van der Waals surface area contributed by atoms with Gasteiger partial charge in [-0.2, -0.15) is 0 Å². The van der Waals surface area contributed by atoms with E-state index in [0.29, 0.717) is 11.9 Å². The lowest BCUT2D eigenvalue weighted by Gasteiger charge is -2.02. The van der Waals surface area contributed by atoms with Crippen LogP contribution in [0.25, 0.3) is 0 Å². The van der Waals surface area contributed by atoms with Gasteiger partial charge in [-0.1, -0.05) is 0 Å². The molecule has 2 aromatic heterocycles. The van der Waals surface area contributed by atoms with E-state index >= 15 is 0 Å². The van der Waals surface area contributed by atoms with Crippen LogP contribution in [-0.2, 0) is 5.75 Å². The van der Waals surface area contributed by atoms with Crippen LogP contribution in [0.5, 0.6) is 0 Å². The summed E-state index contributed by atoms with van der Waals surface area (Å²) in [6.07, 6.45) is 4.14. The zero-order chi connectivity index (χ0) is 11.7. The highest BCUT2D eigenvalue weighted by Gasteiger charge is 2.27. The van der Waals surface area contributed by atoms with Gasteiger partial charge in [-0.25, -0.2) is 9.67 Å². The molecule has 1 saturated carbocycles. The molecule has 3 rings (SSSR count). The number of pyridine rings is 1. The first-order chi connectivity index (χ1) is 8.33. The highest BCUT2D eigenvalue weighted by Crippen LogP contribution is 2.35. The zero-order valence-electron chi connectivity index (χ0n) is 9.15. The Morgan fingerprint density at radius 1 is 1.41 bits per heavy atom. The number of thioether (sulfide) groups is 1. The molecular weight excluding hydrogens is 236 g/mol. The molecule has 0 atom stereocenters. The van der Waals surface area contributed by atoms with Crippen LogP contribution in [-0.4, -0.2) is 25.2 Å². The van der Waals surface area contributed by atoms with E-state index in [2.05, 4.69) is 20.5 Å². The van der Waals surface area contributed by atoms with Crippen molar-refractivity contribution in [1.82, 2.24) is 25.2 Å². The fourth-order valence-corrected chi connectivity index (χ4v) is 2.31. The van der Waals surface area contributed by atoms with Crippen LogP contribution >= 0.6 is 11.8 Å². The quantitative estimate of drug-likeness (QED) is 0.821. The van der Waals surface area contributed by atoms with Gasteiger partial charge in [-0.05, 0) is 35.4 Å². The van der Waals surface area contributed by atoms with Gasteiger partial charge in [-0.3, -0.25) is 0 Å². The Labute approximate surface area is 103 Å². The van der Waals surface area contributed by atoms with E-state index in [1.165, 1.54) is 12.8 Å². The Kier molecular flexibility index (Phi) is 2.68. The minimum absolute atomic E-state index is 0.519. The van der Waals surface area contributed by atoms with Crippen LogP contribution < -0.4 is 5.73 Å². The summed E-state index contributed by atoms with van der Waals surface area (Å²) < 4.78 is 1.93. The van der Waals surface area contributed by atoms with E-state index in [1.54, 1.807) is 24.0 Å². The van der Waals surface area contributed by atoms with Crippen molar-refractivity contribution in [3.8, 4) is 0 Å². The lowest BCUT2D eigenvalue weighted by Crippen LogP contribution is -2.02. The maximum Gasteiger partial charge on any atom is 0.161 e. The first kappa shape index (κ1) is 10.5. The first-order valence-corrected chi connectivity index (χ1v) is 6.42. The number of nitrogens with zero attached hydrogens (tertiary/aromatic N) is 5. The Morgan fingerprint density at radius 2 is 2.29 bits per heavy atom. The second-order valence-electron chi connectivity index (χ2n) is 3.98. The molecule has 2 N–H and O–H groups in total. The molecular formula is C10H12N6S. The lowest BCUT2D eigenvalue weighted by atomic mass is 10.5. The first-order valence-electron chi connectivity index (χ1n) is 5.44. The van der Waals surface area contributed by atoms with Crippen molar-refractivity contribution in [2.75, 3.05) is 5.73 Å². The molecule has 1 aliphatic carbocycles. The fourth-order valence-electron chi connectivity index (χ4n) is 1.54. The second-order valence-corrected chi connectivity index (χ2v) is 5.03. The Morgan fingerprint density at radius 3 is 3.00 bits per heavy atom. The van der Waals surface area contributed by atoms with Crippen LogP contribution in [0.2, 0.25) is 0 Å². The molecule has 2 heterocycles. The van der Waals surface area contributed by atoms with Crippen LogP contribution in [0.3, 0.4) is 0 Å². The molecule has 0 unspecified atom stereocenters. The molecule has 0 bridgehead atoms. The molecule has 0 aromatic carbocycles. The highest BCUT2D eigenvalue weighted by atomic mass is 32.2. The van der Waals surface area contributed by atoms with Gasteiger partial charge in [-0.15, -0.1) is 16.9 Å². The van der Waals surface area contributed by atoms with Crippen LogP contribution in [0.4, 0.5) is 5.82 Å². The van der Waals surface area contributed by atoms with Gasteiger partial charge in [0.05, 0.1) is 11.8 Å². The van der Waals surface area contributed by atoms with E-state index in [-0.39, 0.29) is 0 Å². The number of tetrazole rings is 1. The standard InChI is InChI=1S/C10H12N6S/c11-9-4-3-8(5-12-9)17-6-10-13-14-15-16(10)7-1-2-7/h3-5,7H,1-2,6H2,(H2,11,12). The Bertz CT molecular complexity index is 504. The minimum atomic E-state index is 0.519. The zero-order valence-corrected chi connectivity index (χ0v) is 9.97. The SMILES string of the molecule is Nc1ccc(SCc2nnnn2C2CC2)cn1. The van der Waals surface area contributed by atoms with Gasteiger partial charge < -0.3 is 5.73 Å². The van der Waals surface area contributed by atoms with Crippen molar-refractivity contribution in [3.05, 3.63) is 24.2 Å². The third kappa shape index (κ3) is 2.38. The van der Waals surface area contributed by atoms with Crippen LogP contribution in [0.1, 0.15) is 24.7 Å². The molecule has 1 aliphatic rings. The van der Waals surface area contributed by atoms with Crippen LogP contribution in [0.15, 0.2) is 23.2 Å². The van der Waals surface area contributed by atoms with Gasteiger partial charge in [0.25, 0.3) is 0 Å². The van der Waals surface area contributed by atoms with Crippen LogP contribution in [0, 0.1) is 0 Å². The molecule has 1 fully saturated rings. The van der Waals surface area contributed by atoms with Crippen molar-refractivity contribution in [1.29, 1.82) is 0 Å².